The van der Waals surface area contributed by atoms with Crippen molar-refractivity contribution in [3.63, 3.8) is 0 Å². The van der Waals surface area contributed by atoms with Gasteiger partial charge in [-0.3, -0.25) is 15.5 Å². The van der Waals surface area contributed by atoms with E-state index in [1.807, 2.05) is 44.2 Å². The molecule has 3 rings (SSSR count). The summed E-state index contributed by atoms with van der Waals surface area (Å²) >= 11 is 0. The Bertz CT molecular complexity index is 954. The summed E-state index contributed by atoms with van der Waals surface area (Å²) in [4.78, 5) is 19.3. The molecule has 0 bridgehead atoms. The minimum atomic E-state index is -0.433. The van der Waals surface area contributed by atoms with Gasteiger partial charge in [-0.15, -0.1) is 0 Å². The number of anilines is 1. The van der Waals surface area contributed by atoms with Gasteiger partial charge in [-0.25, -0.2) is 9.97 Å². The van der Waals surface area contributed by atoms with Gasteiger partial charge in [0, 0.05) is 29.0 Å². The highest BCUT2D eigenvalue weighted by Crippen LogP contribution is 2.21. The van der Waals surface area contributed by atoms with Crippen molar-refractivity contribution in [3.05, 3.63) is 81.5 Å². The maximum absolute atomic E-state index is 10.7. The van der Waals surface area contributed by atoms with Crippen LogP contribution in [-0.4, -0.2) is 21.1 Å². The summed E-state index contributed by atoms with van der Waals surface area (Å²) in [7, 11) is 0. The zero-order chi connectivity index (χ0) is 18.5. The molecule has 26 heavy (non-hydrogen) atoms. The molecule has 0 aliphatic rings. The molecule has 7 nitrogen and oxygen atoms in total. The number of nitro benzene ring substituents is 1. The van der Waals surface area contributed by atoms with Crippen molar-refractivity contribution in [1.82, 2.24) is 9.97 Å². The molecule has 0 amide bonds. The van der Waals surface area contributed by atoms with Crippen LogP contribution in [0.3, 0.4) is 0 Å². The molecule has 1 aromatic heterocycles. The Hall–Kier alpha value is -3.61. The Balaban J connectivity index is 1.81. The molecule has 0 saturated heterocycles. The maximum atomic E-state index is 10.7. The largest absolute Gasteiger partial charge is 0.269 e. The Kier molecular flexibility index (Phi) is 4.98. The first-order chi connectivity index (χ1) is 12.5. The topological polar surface area (TPSA) is 93.3 Å². The van der Waals surface area contributed by atoms with Crippen molar-refractivity contribution in [2.24, 2.45) is 5.10 Å². The summed E-state index contributed by atoms with van der Waals surface area (Å²) < 4.78 is 0. The van der Waals surface area contributed by atoms with E-state index in [4.69, 9.17) is 0 Å². The van der Waals surface area contributed by atoms with Crippen molar-refractivity contribution >= 4 is 17.7 Å². The SMILES string of the molecule is Cc1nc(-c2ccccc2)nc(N/N=C/c2ccc([N+](=O)[O-])cc2)c1C. The van der Waals surface area contributed by atoms with Crippen molar-refractivity contribution in [3.8, 4) is 11.4 Å². The zero-order valence-electron chi connectivity index (χ0n) is 14.4. The maximum Gasteiger partial charge on any atom is 0.269 e. The van der Waals surface area contributed by atoms with Crippen molar-refractivity contribution in [2.45, 2.75) is 13.8 Å². The monoisotopic (exact) mass is 347 g/mol. The van der Waals surface area contributed by atoms with Crippen LogP contribution in [0.4, 0.5) is 11.5 Å². The third-order valence-electron chi connectivity index (χ3n) is 3.91. The van der Waals surface area contributed by atoms with E-state index >= 15 is 0 Å². The van der Waals surface area contributed by atoms with E-state index in [9.17, 15) is 10.1 Å². The lowest BCUT2D eigenvalue weighted by Gasteiger charge is -2.09. The van der Waals surface area contributed by atoms with Gasteiger partial charge >= 0.3 is 0 Å². The fourth-order valence-electron chi connectivity index (χ4n) is 2.30. The molecule has 0 atom stereocenters. The first-order valence-electron chi connectivity index (χ1n) is 7.99. The molecular weight excluding hydrogens is 330 g/mol. The second kappa shape index (κ2) is 7.52. The van der Waals surface area contributed by atoms with Gasteiger partial charge in [0.1, 0.15) is 0 Å². The van der Waals surface area contributed by atoms with Crippen LogP contribution in [0.5, 0.6) is 0 Å². The van der Waals surface area contributed by atoms with Gasteiger partial charge in [-0.2, -0.15) is 5.10 Å². The number of nitro groups is 1. The molecule has 0 aliphatic carbocycles. The predicted molar refractivity (Wildman–Crippen MR) is 101 cm³/mol. The molecule has 0 radical (unpaired) electrons. The normalized spacial score (nSPS) is 10.8. The van der Waals surface area contributed by atoms with Gasteiger partial charge in [-0.1, -0.05) is 30.3 Å². The van der Waals surface area contributed by atoms with E-state index in [0.717, 1.165) is 22.4 Å². The molecule has 0 unspecified atom stereocenters. The van der Waals surface area contributed by atoms with E-state index in [1.165, 1.54) is 12.1 Å². The fraction of sp³-hybridized carbons (Fsp3) is 0.105. The van der Waals surface area contributed by atoms with Crippen LogP contribution in [-0.2, 0) is 0 Å². The van der Waals surface area contributed by atoms with Crippen LogP contribution in [0.2, 0.25) is 0 Å². The van der Waals surface area contributed by atoms with Crippen molar-refractivity contribution in [2.75, 3.05) is 5.43 Å². The summed E-state index contributed by atoms with van der Waals surface area (Å²) in [6.45, 7) is 3.85. The number of aromatic nitrogens is 2. The minimum absolute atomic E-state index is 0.0462. The number of hydrogen-bond acceptors (Lipinski definition) is 6. The van der Waals surface area contributed by atoms with Crippen LogP contribution in [0.15, 0.2) is 59.7 Å². The standard InChI is InChI=1S/C19H17N5O2/c1-13-14(2)21-19(16-6-4-3-5-7-16)22-18(13)23-20-12-15-8-10-17(11-9-15)24(25)26/h3-12H,1-2H3,(H,21,22,23)/b20-12+. The molecule has 3 aromatic rings. The highest BCUT2D eigenvalue weighted by Gasteiger charge is 2.09. The molecule has 1 N–H and O–H groups in total. The van der Waals surface area contributed by atoms with Gasteiger partial charge in [0.25, 0.3) is 5.69 Å². The van der Waals surface area contributed by atoms with E-state index in [0.29, 0.717) is 11.6 Å². The van der Waals surface area contributed by atoms with Gasteiger partial charge in [0.05, 0.1) is 11.1 Å². The van der Waals surface area contributed by atoms with Gasteiger partial charge in [0.15, 0.2) is 11.6 Å². The number of nitrogens with zero attached hydrogens (tertiary/aromatic N) is 4. The molecule has 1 heterocycles. The van der Waals surface area contributed by atoms with Gasteiger partial charge in [0.2, 0.25) is 0 Å². The summed E-state index contributed by atoms with van der Waals surface area (Å²) in [5.41, 5.74) is 6.43. The van der Waals surface area contributed by atoms with Gasteiger partial charge < -0.3 is 0 Å². The average Bonchev–Trinajstić information content (AvgIpc) is 2.66. The van der Waals surface area contributed by atoms with E-state index in [-0.39, 0.29) is 5.69 Å². The Morgan fingerprint density at radius 1 is 1.04 bits per heavy atom. The summed E-state index contributed by atoms with van der Waals surface area (Å²) in [6, 6.07) is 15.9. The van der Waals surface area contributed by atoms with Crippen LogP contribution in [0.25, 0.3) is 11.4 Å². The van der Waals surface area contributed by atoms with Crippen LogP contribution in [0, 0.1) is 24.0 Å². The van der Waals surface area contributed by atoms with Crippen molar-refractivity contribution in [1.29, 1.82) is 0 Å². The Morgan fingerprint density at radius 3 is 2.38 bits per heavy atom. The molecule has 0 fully saturated rings. The molecule has 0 spiro atoms. The summed E-state index contributed by atoms with van der Waals surface area (Å²) in [6.07, 6.45) is 1.59. The summed E-state index contributed by atoms with van der Waals surface area (Å²) in [5, 5.41) is 14.9. The third-order valence-corrected chi connectivity index (χ3v) is 3.91. The second-order valence-electron chi connectivity index (χ2n) is 5.69. The predicted octanol–water partition coefficient (Wildman–Crippen LogP) is 4.11. The lowest BCUT2D eigenvalue weighted by Crippen LogP contribution is -2.03. The Labute approximate surface area is 150 Å². The number of hydrogen-bond donors (Lipinski definition) is 1. The van der Waals surface area contributed by atoms with Crippen LogP contribution < -0.4 is 5.43 Å². The molecular formula is C19H17N5O2. The highest BCUT2D eigenvalue weighted by molar-refractivity contribution is 5.80. The molecule has 7 heteroatoms. The highest BCUT2D eigenvalue weighted by atomic mass is 16.6. The van der Waals surface area contributed by atoms with Crippen molar-refractivity contribution < 1.29 is 4.92 Å². The Morgan fingerprint density at radius 2 is 1.73 bits per heavy atom. The molecule has 130 valence electrons. The van der Waals surface area contributed by atoms with E-state index < -0.39 is 4.92 Å². The van der Waals surface area contributed by atoms with E-state index in [2.05, 4.69) is 20.5 Å². The second-order valence-corrected chi connectivity index (χ2v) is 5.69. The first-order valence-corrected chi connectivity index (χ1v) is 7.99. The number of hydrazone groups is 1. The van der Waals surface area contributed by atoms with Crippen LogP contribution in [0.1, 0.15) is 16.8 Å². The zero-order valence-corrected chi connectivity index (χ0v) is 14.4. The number of nitrogens with one attached hydrogen (secondary N) is 1. The lowest BCUT2D eigenvalue weighted by molar-refractivity contribution is -0.384. The van der Waals surface area contributed by atoms with E-state index in [1.54, 1.807) is 18.3 Å². The quantitative estimate of drug-likeness (QED) is 0.426. The number of benzene rings is 2. The third kappa shape index (κ3) is 3.89. The number of rotatable bonds is 5. The van der Waals surface area contributed by atoms with Gasteiger partial charge in [-0.05, 0) is 31.5 Å². The smallest absolute Gasteiger partial charge is 0.261 e. The minimum Gasteiger partial charge on any atom is -0.261 e. The fourth-order valence-corrected chi connectivity index (χ4v) is 2.30. The number of non-ortho nitro benzene ring substituents is 1. The average molecular weight is 347 g/mol. The van der Waals surface area contributed by atoms with Crippen LogP contribution >= 0.6 is 0 Å². The lowest BCUT2D eigenvalue weighted by atomic mass is 10.2. The molecule has 0 aliphatic heterocycles. The first kappa shape index (κ1) is 17.2. The summed E-state index contributed by atoms with van der Waals surface area (Å²) in [5.74, 6) is 1.25. The molecule has 2 aromatic carbocycles. The molecule has 0 saturated carbocycles. The number of aryl methyl sites for hydroxylation is 1.